The van der Waals surface area contributed by atoms with Crippen LogP contribution in [-0.4, -0.2) is 65.1 Å². The fraction of sp³-hybridized carbons (Fsp3) is 0.452. The second-order valence-electron chi connectivity index (χ2n) is 11.5. The molecule has 38 heavy (non-hydrogen) atoms. The van der Waals surface area contributed by atoms with Gasteiger partial charge in [-0.05, 0) is 73.7 Å². The van der Waals surface area contributed by atoms with Gasteiger partial charge < -0.3 is 9.80 Å². The summed E-state index contributed by atoms with van der Waals surface area (Å²) in [5.74, 6) is 0. The number of carbonyl (C=O) groups excluding carboxylic acids is 1. The molecule has 0 saturated carbocycles. The molecule has 2 aromatic carbocycles. The summed E-state index contributed by atoms with van der Waals surface area (Å²) in [6.07, 6.45) is 7.45. The van der Waals surface area contributed by atoms with Gasteiger partial charge >= 0.3 is 6.03 Å². The van der Waals surface area contributed by atoms with Crippen LogP contribution >= 0.6 is 0 Å². The van der Waals surface area contributed by atoms with Crippen molar-refractivity contribution in [2.75, 3.05) is 36.0 Å². The van der Waals surface area contributed by atoms with Crippen LogP contribution in [0.2, 0.25) is 0 Å². The van der Waals surface area contributed by atoms with E-state index in [4.69, 9.17) is 0 Å². The molecule has 7 rings (SSSR count). The van der Waals surface area contributed by atoms with Gasteiger partial charge in [0.25, 0.3) is 0 Å². The zero-order chi connectivity index (χ0) is 25.8. The molecular weight excluding hydrogens is 472 g/mol. The van der Waals surface area contributed by atoms with Crippen molar-refractivity contribution in [3.8, 4) is 6.07 Å². The molecule has 4 aliphatic rings. The van der Waals surface area contributed by atoms with Crippen LogP contribution in [0.1, 0.15) is 49.3 Å². The third-order valence-electron chi connectivity index (χ3n) is 9.22. The molecule has 7 nitrogen and oxygen atoms in total. The molecule has 0 radical (unpaired) electrons. The van der Waals surface area contributed by atoms with Crippen LogP contribution in [0.25, 0.3) is 10.9 Å². The zero-order valence-corrected chi connectivity index (χ0v) is 22.0. The van der Waals surface area contributed by atoms with Crippen molar-refractivity contribution in [2.45, 2.75) is 63.7 Å². The van der Waals surface area contributed by atoms with Crippen LogP contribution in [0.15, 0.2) is 48.7 Å². The standard InChI is InChI=1S/C31H34N6O/c1-21-17-34(29-11-9-22(16-32)30-28(29)7-5-12-33-30)19-27-15-24-14-25(10-8-23(24)18-36(21)27)37-20-26-6-3-2-4-13-35(26)31(37)38/h5,7-12,14,21,26-27H,2-4,6,13,15,17-20H2,1H3/t21-,26-,27+/m1/s1. The molecule has 0 spiro atoms. The molecule has 0 N–H and O–H groups in total. The summed E-state index contributed by atoms with van der Waals surface area (Å²) < 4.78 is 0. The average Bonchev–Trinajstić information content (AvgIpc) is 3.09. The van der Waals surface area contributed by atoms with Crippen LogP contribution in [0.4, 0.5) is 16.2 Å². The monoisotopic (exact) mass is 506 g/mol. The number of benzene rings is 2. The topological polar surface area (TPSA) is 66.7 Å². The molecule has 1 aromatic heterocycles. The van der Waals surface area contributed by atoms with E-state index in [0.717, 1.165) is 74.3 Å². The van der Waals surface area contributed by atoms with Gasteiger partial charge in [-0.3, -0.25) is 14.8 Å². The SMILES string of the molecule is C[C@@H]1CN(c2ccc(C#N)c3ncccc23)C[C@@H]2Cc3cc(N4C[C@H]5CCCCCN5C4=O)ccc3CN21. The number of nitrogens with zero attached hydrogens (tertiary/aromatic N) is 6. The van der Waals surface area contributed by atoms with Gasteiger partial charge in [0.15, 0.2) is 0 Å². The Labute approximate surface area is 224 Å². The first-order valence-electron chi connectivity index (χ1n) is 14.1. The minimum absolute atomic E-state index is 0.188. The van der Waals surface area contributed by atoms with Crippen molar-refractivity contribution in [2.24, 2.45) is 0 Å². The number of pyridine rings is 1. The molecule has 5 heterocycles. The number of hydrogen-bond acceptors (Lipinski definition) is 5. The van der Waals surface area contributed by atoms with Crippen molar-refractivity contribution < 1.29 is 4.79 Å². The number of piperazine rings is 1. The maximum Gasteiger partial charge on any atom is 0.324 e. The fourth-order valence-corrected chi connectivity index (χ4v) is 7.26. The van der Waals surface area contributed by atoms with Gasteiger partial charge in [0.1, 0.15) is 6.07 Å². The molecule has 7 heteroatoms. The lowest BCUT2D eigenvalue weighted by molar-refractivity contribution is 0.101. The van der Waals surface area contributed by atoms with E-state index in [1.54, 1.807) is 6.20 Å². The van der Waals surface area contributed by atoms with Gasteiger partial charge in [-0.1, -0.05) is 18.9 Å². The summed E-state index contributed by atoms with van der Waals surface area (Å²) >= 11 is 0. The zero-order valence-electron chi connectivity index (χ0n) is 22.0. The summed E-state index contributed by atoms with van der Waals surface area (Å²) in [6.45, 7) is 6.87. The minimum atomic E-state index is 0.188. The molecule has 0 aliphatic carbocycles. The van der Waals surface area contributed by atoms with Gasteiger partial charge in [-0.25, -0.2) is 4.79 Å². The lowest BCUT2D eigenvalue weighted by atomic mass is 9.89. The van der Waals surface area contributed by atoms with E-state index < -0.39 is 0 Å². The van der Waals surface area contributed by atoms with Crippen molar-refractivity contribution in [1.29, 1.82) is 5.26 Å². The van der Waals surface area contributed by atoms with E-state index in [1.165, 1.54) is 24.0 Å². The maximum absolute atomic E-state index is 13.3. The van der Waals surface area contributed by atoms with Crippen molar-refractivity contribution in [3.05, 3.63) is 65.4 Å². The molecular formula is C31H34N6O. The van der Waals surface area contributed by atoms with E-state index in [2.05, 4.69) is 63.0 Å². The first-order chi connectivity index (χ1) is 18.6. The summed E-state index contributed by atoms with van der Waals surface area (Å²) in [4.78, 5) is 27.1. The average molecular weight is 507 g/mol. The lowest BCUT2D eigenvalue weighted by Gasteiger charge is -2.49. The highest BCUT2D eigenvalue weighted by Gasteiger charge is 2.40. The fourth-order valence-electron chi connectivity index (χ4n) is 7.26. The molecule has 0 unspecified atom stereocenters. The van der Waals surface area contributed by atoms with Gasteiger partial charge in [0.05, 0.1) is 17.1 Å². The Balaban J connectivity index is 1.16. The second-order valence-corrected chi connectivity index (χ2v) is 11.5. The molecule has 194 valence electrons. The predicted octanol–water partition coefficient (Wildman–Crippen LogP) is 4.93. The molecule has 4 aliphatic heterocycles. The Morgan fingerprint density at radius 1 is 1.00 bits per heavy atom. The van der Waals surface area contributed by atoms with Crippen molar-refractivity contribution in [1.82, 2.24) is 14.8 Å². The Hall–Kier alpha value is -3.63. The van der Waals surface area contributed by atoms with E-state index >= 15 is 0 Å². The number of hydrogen-bond donors (Lipinski definition) is 0. The summed E-state index contributed by atoms with van der Waals surface area (Å²) in [5.41, 5.74) is 6.38. The molecule has 3 fully saturated rings. The quantitative estimate of drug-likeness (QED) is 0.493. The number of rotatable bonds is 2. The van der Waals surface area contributed by atoms with Crippen LogP contribution < -0.4 is 9.80 Å². The van der Waals surface area contributed by atoms with Gasteiger partial charge in [0, 0.05) is 67.8 Å². The van der Waals surface area contributed by atoms with E-state index in [1.807, 2.05) is 17.0 Å². The summed E-state index contributed by atoms with van der Waals surface area (Å²) in [5, 5.41) is 10.6. The van der Waals surface area contributed by atoms with Gasteiger partial charge in [-0.2, -0.15) is 5.26 Å². The first kappa shape index (κ1) is 23.5. The molecule has 3 atom stereocenters. The van der Waals surface area contributed by atoms with E-state index in [9.17, 15) is 10.1 Å². The number of nitriles is 1. The Bertz CT molecular complexity index is 1450. The van der Waals surface area contributed by atoms with Crippen LogP contribution in [-0.2, 0) is 13.0 Å². The predicted molar refractivity (Wildman–Crippen MR) is 149 cm³/mol. The molecule has 0 bridgehead atoms. The van der Waals surface area contributed by atoms with Crippen LogP contribution in [0.3, 0.4) is 0 Å². The summed E-state index contributed by atoms with van der Waals surface area (Å²) in [6, 6.07) is 18.4. The Morgan fingerprint density at radius 3 is 2.82 bits per heavy atom. The number of amides is 2. The van der Waals surface area contributed by atoms with E-state index in [-0.39, 0.29) is 6.03 Å². The van der Waals surface area contributed by atoms with Crippen molar-refractivity contribution >= 4 is 28.3 Å². The van der Waals surface area contributed by atoms with Gasteiger partial charge in [-0.15, -0.1) is 0 Å². The van der Waals surface area contributed by atoms with E-state index in [0.29, 0.717) is 23.7 Å². The number of anilines is 2. The van der Waals surface area contributed by atoms with Crippen molar-refractivity contribution in [3.63, 3.8) is 0 Å². The normalized spacial score (nSPS) is 25.5. The molecule has 2 amide bonds. The highest BCUT2D eigenvalue weighted by molar-refractivity contribution is 5.96. The molecule has 3 saturated heterocycles. The largest absolute Gasteiger partial charge is 0.368 e. The van der Waals surface area contributed by atoms with Crippen LogP contribution in [0.5, 0.6) is 0 Å². The first-order valence-corrected chi connectivity index (χ1v) is 14.1. The van der Waals surface area contributed by atoms with Gasteiger partial charge in [0.2, 0.25) is 0 Å². The smallest absolute Gasteiger partial charge is 0.324 e. The summed E-state index contributed by atoms with van der Waals surface area (Å²) in [7, 11) is 0. The highest BCUT2D eigenvalue weighted by atomic mass is 16.2. The Kier molecular flexibility index (Phi) is 5.74. The number of aromatic nitrogens is 1. The van der Waals surface area contributed by atoms with Crippen LogP contribution in [0, 0.1) is 11.3 Å². The number of fused-ring (bicyclic) bond motifs is 4. The lowest BCUT2D eigenvalue weighted by Crippen LogP contribution is -2.59. The highest BCUT2D eigenvalue weighted by Crippen LogP contribution is 2.36. The number of carbonyl (C=O) groups is 1. The third-order valence-corrected chi connectivity index (χ3v) is 9.22. The second kappa shape index (κ2) is 9.28. The maximum atomic E-state index is 13.3. The number of urea groups is 1. The minimum Gasteiger partial charge on any atom is -0.368 e. The molecule has 3 aromatic rings. The third kappa shape index (κ3) is 3.82. The Morgan fingerprint density at radius 2 is 1.92 bits per heavy atom.